The van der Waals surface area contributed by atoms with Gasteiger partial charge in [0.15, 0.2) is 11.2 Å². The maximum atomic E-state index is 12.4. The van der Waals surface area contributed by atoms with Crippen LogP contribution in [0.25, 0.3) is 11.2 Å². The third-order valence-electron chi connectivity index (χ3n) is 4.73. The van der Waals surface area contributed by atoms with Crippen LogP contribution in [0.5, 0.6) is 0 Å². The highest BCUT2D eigenvalue weighted by molar-refractivity contribution is 5.77. The van der Waals surface area contributed by atoms with Crippen molar-refractivity contribution < 1.29 is 0 Å². The summed E-state index contributed by atoms with van der Waals surface area (Å²) in [6, 6.07) is 6.38. The fourth-order valence-corrected chi connectivity index (χ4v) is 3.69. The fraction of sp³-hybridized carbons (Fsp3) is 0.389. The average Bonchev–Trinajstić information content (AvgIpc) is 2.90. The van der Waals surface area contributed by atoms with Crippen molar-refractivity contribution in [2.24, 2.45) is 13.0 Å². The third kappa shape index (κ3) is 2.38. The molecule has 7 heteroatoms. The fourth-order valence-electron chi connectivity index (χ4n) is 3.69. The van der Waals surface area contributed by atoms with Gasteiger partial charge in [-0.3, -0.25) is 14.3 Å². The van der Waals surface area contributed by atoms with Crippen LogP contribution in [0, 0.1) is 19.8 Å². The Morgan fingerprint density at radius 2 is 1.80 bits per heavy atom. The predicted octanol–water partition coefficient (Wildman–Crippen LogP) is 1.83. The molecule has 1 aliphatic rings. The van der Waals surface area contributed by atoms with Gasteiger partial charge in [0.2, 0.25) is 5.95 Å². The summed E-state index contributed by atoms with van der Waals surface area (Å²) >= 11 is 0. The van der Waals surface area contributed by atoms with Crippen LogP contribution >= 0.6 is 0 Å². The highest BCUT2D eigenvalue weighted by Crippen LogP contribution is 2.33. The number of anilines is 2. The lowest BCUT2D eigenvalue weighted by molar-refractivity contribution is 0.458. The molecule has 1 atom stereocenters. The number of nitrogens with one attached hydrogen (secondary N) is 1. The number of fused-ring (bicyclic) bond motifs is 3. The number of rotatable bonds is 1. The Morgan fingerprint density at radius 3 is 2.48 bits per heavy atom. The molecule has 3 heterocycles. The van der Waals surface area contributed by atoms with Crippen molar-refractivity contribution >= 4 is 22.8 Å². The van der Waals surface area contributed by atoms with Crippen LogP contribution in [0.4, 0.5) is 11.6 Å². The Kier molecular flexibility index (Phi) is 3.35. The van der Waals surface area contributed by atoms with Crippen molar-refractivity contribution in [1.29, 1.82) is 0 Å². The standard InChI is InChI=1S/C18H21N5O2/c1-10-5-11(2)7-13(6-10)22-8-12(3)9-23-14-15(19-17(22)23)21(4)18(25)20-16(14)24/h5-7,12H,8-9H2,1-4H3,(H,20,24,25)/t12-/m0/s1. The number of aryl methyl sites for hydroxylation is 3. The molecule has 130 valence electrons. The van der Waals surface area contributed by atoms with E-state index in [0.29, 0.717) is 29.6 Å². The van der Waals surface area contributed by atoms with Crippen LogP contribution in [-0.2, 0) is 13.6 Å². The lowest BCUT2D eigenvalue weighted by Crippen LogP contribution is -2.35. The largest absolute Gasteiger partial charge is 0.329 e. The van der Waals surface area contributed by atoms with Gasteiger partial charge in [-0.25, -0.2) is 4.79 Å². The average molecular weight is 339 g/mol. The first-order valence-corrected chi connectivity index (χ1v) is 8.40. The summed E-state index contributed by atoms with van der Waals surface area (Å²) in [5.74, 6) is 1.06. The maximum absolute atomic E-state index is 12.4. The van der Waals surface area contributed by atoms with E-state index in [2.05, 4.69) is 53.8 Å². The lowest BCUT2D eigenvalue weighted by atomic mass is 10.1. The molecule has 2 aromatic heterocycles. The summed E-state index contributed by atoms with van der Waals surface area (Å²) < 4.78 is 3.33. The van der Waals surface area contributed by atoms with E-state index in [1.165, 1.54) is 15.7 Å². The quantitative estimate of drug-likeness (QED) is 0.734. The van der Waals surface area contributed by atoms with Gasteiger partial charge in [0, 0.05) is 25.8 Å². The molecule has 0 unspecified atom stereocenters. The summed E-state index contributed by atoms with van der Waals surface area (Å²) in [7, 11) is 1.63. The number of benzene rings is 1. The van der Waals surface area contributed by atoms with Crippen molar-refractivity contribution in [2.75, 3.05) is 11.4 Å². The van der Waals surface area contributed by atoms with Gasteiger partial charge in [0.25, 0.3) is 5.56 Å². The molecule has 0 aliphatic carbocycles. The predicted molar refractivity (Wildman–Crippen MR) is 97.7 cm³/mol. The normalized spacial score (nSPS) is 17.1. The van der Waals surface area contributed by atoms with Crippen LogP contribution in [-0.4, -0.2) is 25.6 Å². The molecule has 1 N–H and O–H groups in total. The minimum Gasteiger partial charge on any atom is -0.312 e. The Balaban J connectivity index is 2.02. The van der Waals surface area contributed by atoms with Gasteiger partial charge >= 0.3 is 5.69 Å². The van der Waals surface area contributed by atoms with Crippen molar-refractivity contribution in [1.82, 2.24) is 19.1 Å². The van der Waals surface area contributed by atoms with E-state index >= 15 is 0 Å². The van der Waals surface area contributed by atoms with Crippen LogP contribution in [0.15, 0.2) is 27.8 Å². The van der Waals surface area contributed by atoms with Gasteiger partial charge in [0.05, 0.1) is 0 Å². The van der Waals surface area contributed by atoms with Crippen molar-refractivity contribution in [2.45, 2.75) is 27.3 Å². The lowest BCUT2D eigenvalue weighted by Gasteiger charge is -2.33. The van der Waals surface area contributed by atoms with Gasteiger partial charge in [-0.15, -0.1) is 0 Å². The topological polar surface area (TPSA) is 75.9 Å². The number of imidazole rings is 1. The van der Waals surface area contributed by atoms with E-state index in [0.717, 1.165) is 12.2 Å². The summed E-state index contributed by atoms with van der Waals surface area (Å²) in [6.45, 7) is 7.82. The summed E-state index contributed by atoms with van der Waals surface area (Å²) in [6.07, 6.45) is 0. The van der Waals surface area contributed by atoms with Gasteiger partial charge in [0.1, 0.15) is 0 Å². The molecule has 0 spiro atoms. The van der Waals surface area contributed by atoms with E-state index in [1.807, 2.05) is 4.57 Å². The van der Waals surface area contributed by atoms with Crippen molar-refractivity contribution in [3.8, 4) is 0 Å². The minimum atomic E-state index is -0.445. The van der Waals surface area contributed by atoms with Crippen LogP contribution in [0.1, 0.15) is 18.1 Å². The Bertz CT molecular complexity index is 1080. The zero-order valence-corrected chi connectivity index (χ0v) is 14.8. The maximum Gasteiger partial charge on any atom is 0.329 e. The second-order valence-corrected chi connectivity index (χ2v) is 7.07. The van der Waals surface area contributed by atoms with Gasteiger partial charge in [-0.1, -0.05) is 13.0 Å². The Hall–Kier alpha value is -2.83. The molecule has 0 fully saturated rings. The van der Waals surface area contributed by atoms with Gasteiger partial charge in [-0.05, 0) is 43.0 Å². The van der Waals surface area contributed by atoms with E-state index in [9.17, 15) is 9.59 Å². The summed E-state index contributed by atoms with van der Waals surface area (Å²) in [4.78, 5) is 33.5. The van der Waals surface area contributed by atoms with Crippen molar-refractivity contribution in [3.05, 3.63) is 50.2 Å². The first-order valence-electron chi connectivity index (χ1n) is 8.40. The number of H-pyrrole nitrogens is 1. The molecule has 7 nitrogen and oxygen atoms in total. The van der Waals surface area contributed by atoms with Gasteiger partial charge < -0.3 is 9.47 Å². The molecule has 0 amide bonds. The molecule has 1 aromatic carbocycles. The molecule has 0 bridgehead atoms. The third-order valence-corrected chi connectivity index (χ3v) is 4.73. The Morgan fingerprint density at radius 1 is 1.12 bits per heavy atom. The first-order chi connectivity index (χ1) is 11.8. The number of hydrogen-bond acceptors (Lipinski definition) is 4. The summed E-state index contributed by atoms with van der Waals surface area (Å²) in [5.41, 5.74) is 3.47. The molecule has 0 radical (unpaired) electrons. The molecular formula is C18H21N5O2. The second kappa shape index (κ2) is 5.34. The minimum absolute atomic E-state index is 0.349. The zero-order valence-electron chi connectivity index (χ0n) is 14.8. The monoisotopic (exact) mass is 339 g/mol. The highest BCUT2D eigenvalue weighted by Gasteiger charge is 2.29. The van der Waals surface area contributed by atoms with E-state index < -0.39 is 5.69 Å². The smallest absolute Gasteiger partial charge is 0.312 e. The van der Waals surface area contributed by atoms with Crippen LogP contribution < -0.4 is 16.1 Å². The number of aromatic amines is 1. The number of nitrogens with zero attached hydrogens (tertiary/aromatic N) is 4. The number of hydrogen-bond donors (Lipinski definition) is 1. The van der Waals surface area contributed by atoms with Crippen LogP contribution in [0.2, 0.25) is 0 Å². The SMILES string of the molecule is Cc1cc(C)cc(N2C[C@H](C)Cn3c2nc2c3c(=O)[nH]c(=O)n2C)c1. The molecule has 1 aliphatic heterocycles. The highest BCUT2D eigenvalue weighted by atomic mass is 16.2. The summed E-state index contributed by atoms with van der Waals surface area (Å²) in [5, 5.41) is 0. The van der Waals surface area contributed by atoms with Gasteiger partial charge in [-0.2, -0.15) is 4.98 Å². The molecule has 25 heavy (non-hydrogen) atoms. The molecule has 3 aromatic rings. The van der Waals surface area contributed by atoms with E-state index in [4.69, 9.17) is 0 Å². The molecule has 4 rings (SSSR count). The van der Waals surface area contributed by atoms with Crippen molar-refractivity contribution in [3.63, 3.8) is 0 Å². The number of aromatic nitrogens is 4. The molecule has 0 saturated carbocycles. The Labute approximate surface area is 144 Å². The first kappa shape index (κ1) is 15.7. The van der Waals surface area contributed by atoms with Crippen LogP contribution in [0.3, 0.4) is 0 Å². The molecule has 0 saturated heterocycles. The van der Waals surface area contributed by atoms with E-state index in [-0.39, 0.29) is 5.56 Å². The molecular weight excluding hydrogens is 318 g/mol. The zero-order chi connectivity index (χ0) is 17.9. The second-order valence-electron chi connectivity index (χ2n) is 7.07. The van der Waals surface area contributed by atoms with E-state index in [1.54, 1.807) is 7.05 Å².